The maximum atomic E-state index is 12.2. The summed E-state index contributed by atoms with van der Waals surface area (Å²) in [4.78, 5) is 24.6. The van der Waals surface area contributed by atoms with Crippen molar-refractivity contribution in [3.05, 3.63) is 64.5 Å². The van der Waals surface area contributed by atoms with Gasteiger partial charge in [0, 0.05) is 21.5 Å². The number of rotatable bonds is 3. The lowest BCUT2D eigenvalue weighted by Gasteiger charge is -2.08. The van der Waals surface area contributed by atoms with E-state index in [0.717, 1.165) is 32.9 Å². The smallest absolute Gasteiger partial charge is 0.348 e. The molecule has 0 saturated heterocycles. The first kappa shape index (κ1) is 17.0. The molecule has 25 heavy (non-hydrogen) atoms. The van der Waals surface area contributed by atoms with E-state index >= 15 is 0 Å². The fourth-order valence-electron chi connectivity index (χ4n) is 3.08. The Morgan fingerprint density at radius 3 is 2.64 bits per heavy atom. The molecular formula is C18H12Br2O4S. The van der Waals surface area contributed by atoms with Gasteiger partial charge in [-0.25, -0.2) is 9.59 Å². The highest BCUT2D eigenvalue weighted by molar-refractivity contribution is 9.13. The van der Waals surface area contributed by atoms with E-state index in [0.29, 0.717) is 16.0 Å². The van der Waals surface area contributed by atoms with Crippen molar-refractivity contribution in [2.45, 2.75) is 25.9 Å². The Hall–Kier alpha value is -1.44. The number of thiophene rings is 1. The Balaban J connectivity index is 1.64. The van der Waals surface area contributed by atoms with Crippen molar-refractivity contribution in [3.63, 3.8) is 0 Å². The molecule has 0 fully saturated rings. The summed E-state index contributed by atoms with van der Waals surface area (Å²) in [7, 11) is 0. The average molecular weight is 484 g/mol. The van der Waals surface area contributed by atoms with Gasteiger partial charge in [0.15, 0.2) is 0 Å². The van der Waals surface area contributed by atoms with E-state index < -0.39 is 11.6 Å². The summed E-state index contributed by atoms with van der Waals surface area (Å²) in [6.07, 6.45) is 3.15. The number of aryl methyl sites for hydroxylation is 2. The average Bonchev–Trinajstić information content (AvgIpc) is 3.16. The highest BCUT2D eigenvalue weighted by Gasteiger charge is 2.17. The minimum Gasteiger partial charge on any atom is -0.457 e. The van der Waals surface area contributed by atoms with Crippen molar-refractivity contribution >= 4 is 60.1 Å². The lowest BCUT2D eigenvalue weighted by atomic mass is 10.0. The number of esters is 1. The third kappa shape index (κ3) is 3.32. The molecule has 2 aromatic heterocycles. The number of hydrogen-bond donors (Lipinski definition) is 0. The number of ether oxygens (including phenoxy) is 1. The molecule has 0 spiro atoms. The second kappa shape index (κ2) is 6.70. The Morgan fingerprint density at radius 2 is 1.92 bits per heavy atom. The Labute approximate surface area is 164 Å². The largest absolute Gasteiger partial charge is 0.457 e. The first-order valence-electron chi connectivity index (χ1n) is 7.72. The van der Waals surface area contributed by atoms with Crippen LogP contribution >= 0.6 is 43.2 Å². The summed E-state index contributed by atoms with van der Waals surface area (Å²) in [5, 5.41) is 0.835. The van der Waals surface area contributed by atoms with Gasteiger partial charge < -0.3 is 9.15 Å². The number of benzene rings is 1. The van der Waals surface area contributed by atoms with Crippen molar-refractivity contribution in [2.75, 3.05) is 0 Å². The molecule has 0 amide bonds. The van der Waals surface area contributed by atoms with Crippen molar-refractivity contribution < 1.29 is 13.9 Å². The van der Waals surface area contributed by atoms with Gasteiger partial charge in [-0.1, -0.05) is 0 Å². The van der Waals surface area contributed by atoms with Crippen LogP contribution < -0.4 is 5.63 Å². The van der Waals surface area contributed by atoms with Crippen LogP contribution in [-0.2, 0) is 24.2 Å². The van der Waals surface area contributed by atoms with Gasteiger partial charge in [0.1, 0.15) is 17.1 Å². The van der Waals surface area contributed by atoms with Gasteiger partial charge in [0.2, 0.25) is 0 Å². The number of hydrogen-bond acceptors (Lipinski definition) is 5. The van der Waals surface area contributed by atoms with Gasteiger partial charge in [0.05, 0.1) is 3.79 Å². The topological polar surface area (TPSA) is 56.5 Å². The summed E-state index contributed by atoms with van der Waals surface area (Å²) in [5.74, 6) is -0.418. The van der Waals surface area contributed by atoms with Crippen LogP contribution in [0.4, 0.5) is 0 Å². The standard InChI is InChI=1S/C18H12Br2O4S/c19-13-7-15(25-17(13)20)18(22)23-8-11-6-16(21)24-14-5-10-3-1-2-9(10)4-12(11)14/h4-7H,1-3,8H2. The summed E-state index contributed by atoms with van der Waals surface area (Å²) in [6, 6.07) is 7.11. The minimum atomic E-state index is -0.432. The maximum absolute atomic E-state index is 12.2. The second-order valence-electron chi connectivity index (χ2n) is 5.87. The summed E-state index contributed by atoms with van der Waals surface area (Å²) >= 11 is 8.01. The van der Waals surface area contributed by atoms with Crippen molar-refractivity contribution in [3.8, 4) is 0 Å². The first-order valence-corrected chi connectivity index (χ1v) is 10.1. The predicted molar refractivity (Wildman–Crippen MR) is 103 cm³/mol. The Bertz CT molecular complexity index is 1030. The van der Waals surface area contributed by atoms with Gasteiger partial charge in [-0.05, 0) is 80.4 Å². The van der Waals surface area contributed by atoms with E-state index in [-0.39, 0.29) is 6.61 Å². The molecule has 0 aliphatic heterocycles. The molecule has 1 aromatic carbocycles. The van der Waals surface area contributed by atoms with E-state index in [9.17, 15) is 9.59 Å². The highest BCUT2D eigenvalue weighted by Crippen LogP contribution is 2.33. The maximum Gasteiger partial charge on any atom is 0.348 e. The molecule has 0 N–H and O–H groups in total. The van der Waals surface area contributed by atoms with Crippen LogP contribution in [-0.4, -0.2) is 5.97 Å². The fourth-order valence-corrected chi connectivity index (χ4v) is 5.01. The van der Waals surface area contributed by atoms with Crippen LogP contribution in [0.5, 0.6) is 0 Å². The van der Waals surface area contributed by atoms with E-state index in [1.54, 1.807) is 6.07 Å². The zero-order valence-corrected chi connectivity index (χ0v) is 16.9. The summed E-state index contributed by atoms with van der Waals surface area (Å²) < 4.78 is 12.4. The van der Waals surface area contributed by atoms with E-state index in [4.69, 9.17) is 9.15 Å². The van der Waals surface area contributed by atoms with Crippen LogP contribution in [0.15, 0.2) is 41.7 Å². The predicted octanol–water partition coefficient (Wildman–Crippen LogP) is 5.23. The molecule has 0 radical (unpaired) electrons. The fraction of sp³-hybridized carbons (Fsp3) is 0.222. The third-order valence-electron chi connectivity index (χ3n) is 4.25. The monoisotopic (exact) mass is 482 g/mol. The third-order valence-corrected chi connectivity index (χ3v) is 7.48. The molecule has 2 heterocycles. The van der Waals surface area contributed by atoms with Gasteiger partial charge in [-0.2, -0.15) is 0 Å². The molecule has 0 atom stereocenters. The van der Waals surface area contributed by atoms with Crippen LogP contribution in [0.1, 0.15) is 32.8 Å². The molecule has 4 nitrogen and oxygen atoms in total. The normalized spacial score (nSPS) is 13.2. The summed E-state index contributed by atoms with van der Waals surface area (Å²) in [5.41, 5.74) is 3.31. The molecule has 1 aliphatic rings. The van der Waals surface area contributed by atoms with Gasteiger partial charge in [-0.3, -0.25) is 0 Å². The van der Waals surface area contributed by atoms with Crippen molar-refractivity contribution in [1.29, 1.82) is 0 Å². The van der Waals surface area contributed by atoms with Crippen LogP contribution in [0.25, 0.3) is 11.0 Å². The van der Waals surface area contributed by atoms with Gasteiger partial charge in [0.25, 0.3) is 0 Å². The molecule has 3 aromatic rings. The van der Waals surface area contributed by atoms with E-state index in [2.05, 4.69) is 37.9 Å². The van der Waals surface area contributed by atoms with E-state index in [1.165, 1.54) is 28.5 Å². The zero-order valence-electron chi connectivity index (χ0n) is 12.9. The SMILES string of the molecule is O=C(OCc1cc(=O)oc2cc3c(cc12)CCC3)c1cc(Br)c(Br)s1. The number of fused-ring (bicyclic) bond motifs is 2. The minimum absolute atomic E-state index is 0.0346. The highest BCUT2D eigenvalue weighted by atomic mass is 79.9. The number of carbonyl (C=O) groups excluding carboxylic acids is 1. The van der Waals surface area contributed by atoms with Crippen molar-refractivity contribution in [2.24, 2.45) is 0 Å². The molecule has 128 valence electrons. The number of halogens is 2. The quantitative estimate of drug-likeness (QED) is 0.378. The van der Waals surface area contributed by atoms with Crippen LogP contribution in [0.3, 0.4) is 0 Å². The second-order valence-corrected chi connectivity index (χ2v) is 9.09. The lowest BCUT2D eigenvalue weighted by molar-refractivity contribution is 0.0479. The molecule has 7 heteroatoms. The van der Waals surface area contributed by atoms with Crippen molar-refractivity contribution in [1.82, 2.24) is 0 Å². The van der Waals surface area contributed by atoms with Gasteiger partial charge >= 0.3 is 11.6 Å². The first-order chi connectivity index (χ1) is 12.0. The Kier molecular flexibility index (Phi) is 4.56. The Morgan fingerprint density at radius 1 is 1.16 bits per heavy atom. The molecule has 4 rings (SSSR count). The molecule has 0 unspecified atom stereocenters. The molecule has 0 saturated carbocycles. The van der Waals surface area contributed by atoms with Crippen LogP contribution in [0, 0.1) is 0 Å². The molecule has 0 bridgehead atoms. The zero-order chi connectivity index (χ0) is 17.6. The van der Waals surface area contributed by atoms with Gasteiger partial charge in [-0.15, -0.1) is 11.3 Å². The van der Waals surface area contributed by atoms with E-state index in [1.807, 2.05) is 6.07 Å². The molecular weight excluding hydrogens is 472 g/mol. The van der Waals surface area contributed by atoms with Crippen LogP contribution in [0.2, 0.25) is 0 Å². The number of carbonyl (C=O) groups is 1. The summed E-state index contributed by atoms with van der Waals surface area (Å²) in [6.45, 7) is 0.0346. The lowest BCUT2D eigenvalue weighted by Crippen LogP contribution is -2.07. The molecule has 1 aliphatic carbocycles.